The fraction of sp³-hybridized carbons (Fsp3) is 0.292. The molecule has 32 heavy (non-hydrogen) atoms. The number of amides is 1. The molecule has 5 rings (SSSR count). The van der Waals surface area contributed by atoms with E-state index in [2.05, 4.69) is 4.98 Å². The summed E-state index contributed by atoms with van der Waals surface area (Å²) in [5.41, 5.74) is 1.49. The molecule has 0 radical (unpaired) electrons. The van der Waals surface area contributed by atoms with E-state index in [0.717, 1.165) is 17.7 Å². The summed E-state index contributed by atoms with van der Waals surface area (Å²) < 4.78 is 13.2. The predicted octanol–water partition coefficient (Wildman–Crippen LogP) is 3.31. The minimum atomic E-state index is -0.781. The van der Waals surface area contributed by atoms with Crippen molar-refractivity contribution in [2.45, 2.75) is 38.5 Å². The van der Waals surface area contributed by atoms with E-state index < -0.39 is 17.7 Å². The summed E-state index contributed by atoms with van der Waals surface area (Å²) in [6, 6.07) is 7.95. The molecule has 2 aliphatic heterocycles. The van der Waals surface area contributed by atoms with Crippen LogP contribution in [-0.2, 0) is 22.6 Å². The minimum absolute atomic E-state index is 0.0412. The van der Waals surface area contributed by atoms with E-state index in [4.69, 9.17) is 9.15 Å². The highest BCUT2D eigenvalue weighted by atomic mass is 16.5. The Morgan fingerprint density at radius 1 is 1.25 bits per heavy atom. The Morgan fingerprint density at radius 3 is 2.88 bits per heavy atom. The van der Waals surface area contributed by atoms with Crippen LogP contribution in [0.1, 0.15) is 36.3 Å². The number of furan rings is 1. The molecule has 0 spiro atoms. The fourth-order valence-electron chi connectivity index (χ4n) is 4.42. The second-order valence-electron chi connectivity index (χ2n) is 8.12. The van der Waals surface area contributed by atoms with E-state index in [1.807, 2.05) is 23.8 Å². The highest BCUT2D eigenvalue weighted by Crippen LogP contribution is 2.40. The molecule has 1 amide bonds. The Labute approximate surface area is 184 Å². The Balaban J connectivity index is 1.49. The number of aliphatic hydroxyl groups excluding tert-OH is 1. The van der Waals surface area contributed by atoms with Crippen LogP contribution >= 0.6 is 0 Å². The van der Waals surface area contributed by atoms with Crippen molar-refractivity contribution in [2.24, 2.45) is 0 Å². The van der Waals surface area contributed by atoms with Gasteiger partial charge in [-0.1, -0.05) is 0 Å². The molecule has 1 aromatic carbocycles. The highest BCUT2D eigenvalue weighted by molar-refractivity contribution is 6.46. The number of imidazole rings is 1. The maximum atomic E-state index is 13.0. The minimum Gasteiger partial charge on any atom is -0.507 e. The van der Waals surface area contributed by atoms with Gasteiger partial charge in [-0.15, -0.1) is 0 Å². The second kappa shape index (κ2) is 8.03. The molecule has 2 atom stereocenters. The van der Waals surface area contributed by atoms with Gasteiger partial charge in [-0.05, 0) is 49.2 Å². The first-order valence-electron chi connectivity index (χ1n) is 10.6. The molecule has 1 saturated heterocycles. The van der Waals surface area contributed by atoms with Crippen molar-refractivity contribution in [3.8, 4) is 5.75 Å². The Bertz CT molecular complexity index is 1180. The lowest BCUT2D eigenvalue weighted by Crippen LogP contribution is -2.31. The Hall–Kier alpha value is -3.81. The van der Waals surface area contributed by atoms with Crippen molar-refractivity contribution in [2.75, 3.05) is 6.54 Å². The van der Waals surface area contributed by atoms with Gasteiger partial charge in [-0.2, -0.15) is 0 Å². The molecule has 2 aromatic heterocycles. The number of ether oxygens (including phenoxy) is 1. The zero-order chi connectivity index (χ0) is 22.2. The molecule has 2 unspecified atom stereocenters. The number of hydrogen-bond donors (Lipinski definition) is 1. The summed E-state index contributed by atoms with van der Waals surface area (Å²) in [6.45, 7) is 2.96. The lowest BCUT2D eigenvalue weighted by molar-refractivity contribution is -0.140. The maximum Gasteiger partial charge on any atom is 0.295 e. The van der Waals surface area contributed by atoms with Crippen LogP contribution in [0.15, 0.2) is 65.3 Å². The van der Waals surface area contributed by atoms with Crippen molar-refractivity contribution in [3.63, 3.8) is 0 Å². The second-order valence-corrected chi connectivity index (χ2v) is 8.12. The first-order valence-corrected chi connectivity index (χ1v) is 10.6. The molecule has 8 heteroatoms. The number of rotatable bonds is 6. The third-order valence-electron chi connectivity index (χ3n) is 5.90. The zero-order valence-corrected chi connectivity index (χ0v) is 17.6. The van der Waals surface area contributed by atoms with Crippen LogP contribution in [0.5, 0.6) is 5.75 Å². The van der Waals surface area contributed by atoms with Crippen molar-refractivity contribution in [3.05, 3.63) is 77.8 Å². The molecular weight excluding hydrogens is 410 g/mol. The van der Waals surface area contributed by atoms with E-state index in [1.165, 1.54) is 11.2 Å². The van der Waals surface area contributed by atoms with Gasteiger partial charge in [0.05, 0.1) is 18.2 Å². The SMILES string of the molecule is CC1Cc2cc(C(O)=C3C(=O)C(=O)N(CCCn4ccnc4)C3c3ccco3)ccc2O1. The molecule has 2 aliphatic rings. The Morgan fingerprint density at radius 2 is 2.12 bits per heavy atom. The molecule has 4 heterocycles. The number of aromatic nitrogens is 2. The van der Waals surface area contributed by atoms with Crippen molar-refractivity contribution < 1.29 is 23.8 Å². The summed E-state index contributed by atoms with van der Waals surface area (Å²) in [7, 11) is 0. The van der Waals surface area contributed by atoms with E-state index in [-0.39, 0.29) is 17.4 Å². The van der Waals surface area contributed by atoms with Crippen LogP contribution in [0, 0.1) is 0 Å². The van der Waals surface area contributed by atoms with Gasteiger partial charge in [0.2, 0.25) is 0 Å². The van der Waals surface area contributed by atoms with Crippen LogP contribution in [0.4, 0.5) is 0 Å². The summed E-state index contributed by atoms with van der Waals surface area (Å²) in [5.74, 6) is -0.347. The number of fused-ring (bicyclic) bond motifs is 1. The average Bonchev–Trinajstić information content (AvgIpc) is 3.57. The normalized spacial score (nSPS) is 21.7. The van der Waals surface area contributed by atoms with E-state index in [1.54, 1.807) is 36.8 Å². The number of ketones is 1. The number of nitrogens with zero attached hydrogens (tertiary/aromatic N) is 3. The van der Waals surface area contributed by atoms with Gasteiger partial charge >= 0.3 is 0 Å². The highest BCUT2D eigenvalue weighted by Gasteiger charge is 2.47. The average molecular weight is 433 g/mol. The number of likely N-dealkylation sites (tertiary alicyclic amines) is 1. The lowest BCUT2D eigenvalue weighted by atomic mass is 9.97. The number of carbonyl (C=O) groups is 2. The van der Waals surface area contributed by atoms with E-state index >= 15 is 0 Å². The third kappa shape index (κ3) is 3.47. The summed E-state index contributed by atoms with van der Waals surface area (Å²) in [5, 5.41) is 11.2. The number of aryl methyl sites for hydroxylation is 1. The van der Waals surface area contributed by atoms with Crippen molar-refractivity contribution in [1.29, 1.82) is 0 Å². The van der Waals surface area contributed by atoms with Gasteiger partial charge in [-0.3, -0.25) is 9.59 Å². The fourth-order valence-corrected chi connectivity index (χ4v) is 4.42. The van der Waals surface area contributed by atoms with Crippen LogP contribution in [0.2, 0.25) is 0 Å². The van der Waals surface area contributed by atoms with E-state index in [0.29, 0.717) is 30.8 Å². The van der Waals surface area contributed by atoms with Crippen molar-refractivity contribution >= 4 is 17.4 Å². The molecule has 3 aromatic rings. The first-order chi connectivity index (χ1) is 15.5. The summed E-state index contributed by atoms with van der Waals surface area (Å²) in [6.07, 6.45) is 8.14. The number of aliphatic hydroxyl groups is 1. The molecule has 1 fully saturated rings. The molecule has 0 bridgehead atoms. The molecule has 164 valence electrons. The summed E-state index contributed by atoms with van der Waals surface area (Å²) >= 11 is 0. The van der Waals surface area contributed by atoms with Crippen molar-refractivity contribution in [1.82, 2.24) is 14.5 Å². The third-order valence-corrected chi connectivity index (χ3v) is 5.90. The van der Waals surface area contributed by atoms with Gasteiger partial charge < -0.3 is 23.7 Å². The van der Waals surface area contributed by atoms with Crippen LogP contribution in [-0.4, -0.2) is 43.9 Å². The van der Waals surface area contributed by atoms with Crippen LogP contribution in [0.3, 0.4) is 0 Å². The largest absolute Gasteiger partial charge is 0.507 e. The van der Waals surface area contributed by atoms with E-state index in [9.17, 15) is 14.7 Å². The van der Waals surface area contributed by atoms with Crippen LogP contribution in [0.25, 0.3) is 5.76 Å². The monoisotopic (exact) mass is 433 g/mol. The zero-order valence-electron chi connectivity index (χ0n) is 17.6. The number of carbonyl (C=O) groups excluding carboxylic acids is 2. The molecule has 8 nitrogen and oxygen atoms in total. The summed E-state index contributed by atoms with van der Waals surface area (Å²) in [4.78, 5) is 31.4. The Kier molecular flexibility index (Phi) is 5.05. The molecule has 1 N–H and O–H groups in total. The van der Waals surface area contributed by atoms with Gasteiger partial charge in [0.1, 0.15) is 29.4 Å². The standard InChI is InChI=1S/C24H23N3O5/c1-15-12-17-13-16(5-6-18(17)32-15)22(28)20-21(19-4-2-11-31-19)27(24(30)23(20)29)9-3-8-26-10-7-25-14-26/h2,4-7,10-11,13-15,21,28H,3,8-9,12H2,1H3. The van der Waals surface area contributed by atoms with Gasteiger partial charge in [0, 0.05) is 37.5 Å². The lowest BCUT2D eigenvalue weighted by Gasteiger charge is -2.23. The van der Waals surface area contributed by atoms with Gasteiger partial charge in [0.25, 0.3) is 11.7 Å². The maximum absolute atomic E-state index is 13.0. The topological polar surface area (TPSA) is 97.8 Å². The smallest absolute Gasteiger partial charge is 0.295 e. The van der Waals surface area contributed by atoms with Gasteiger partial charge in [0.15, 0.2) is 0 Å². The molecular formula is C24H23N3O5. The number of Topliss-reactive ketones (excluding diaryl/α,β-unsaturated/α-hetero) is 1. The molecule has 0 saturated carbocycles. The number of hydrogen-bond acceptors (Lipinski definition) is 6. The molecule has 0 aliphatic carbocycles. The van der Waals surface area contributed by atoms with Gasteiger partial charge in [-0.25, -0.2) is 4.98 Å². The predicted molar refractivity (Wildman–Crippen MR) is 115 cm³/mol. The first kappa shape index (κ1) is 20.1. The quantitative estimate of drug-likeness (QED) is 0.364. The number of benzene rings is 1. The van der Waals surface area contributed by atoms with Crippen LogP contribution < -0.4 is 4.74 Å².